The molecule has 0 aliphatic rings. The van der Waals surface area contributed by atoms with Crippen LogP contribution in [0.3, 0.4) is 0 Å². The Bertz CT molecular complexity index is 1460. The molecule has 6 heteroatoms. The van der Waals surface area contributed by atoms with Gasteiger partial charge < -0.3 is 4.57 Å². The smallest absolute Gasteiger partial charge is 0.265 e. The lowest BCUT2D eigenvalue weighted by molar-refractivity contribution is 0.567. The Hall–Kier alpha value is -3.54. The van der Waals surface area contributed by atoms with Gasteiger partial charge in [-0.1, -0.05) is 68.1 Å². The van der Waals surface area contributed by atoms with Crippen molar-refractivity contribution in [3.63, 3.8) is 0 Å². The molecule has 6 nitrogen and oxygen atoms in total. The van der Waals surface area contributed by atoms with E-state index < -0.39 is 0 Å². The molecule has 0 fully saturated rings. The van der Waals surface area contributed by atoms with Crippen molar-refractivity contribution < 1.29 is 0 Å². The van der Waals surface area contributed by atoms with Gasteiger partial charge >= 0.3 is 0 Å². The van der Waals surface area contributed by atoms with E-state index in [0.717, 1.165) is 29.4 Å². The molecule has 0 bridgehead atoms. The van der Waals surface area contributed by atoms with E-state index in [4.69, 9.17) is 15.0 Å². The third-order valence-corrected chi connectivity index (χ3v) is 6.03. The van der Waals surface area contributed by atoms with E-state index in [0.29, 0.717) is 35.3 Å². The number of rotatable bonds is 7. The molecule has 0 radical (unpaired) electrons. The van der Waals surface area contributed by atoms with Crippen LogP contribution in [0.15, 0.2) is 59.7 Å². The van der Waals surface area contributed by atoms with Crippen molar-refractivity contribution in [1.82, 2.24) is 24.1 Å². The summed E-state index contributed by atoms with van der Waals surface area (Å²) >= 11 is 0. The fourth-order valence-electron chi connectivity index (χ4n) is 4.23. The van der Waals surface area contributed by atoms with Gasteiger partial charge in [-0.05, 0) is 31.0 Å². The Labute approximate surface area is 186 Å². The molecule has 0 aliphatic heterocycles. The van der Waals surface area contributed by atoms with Crippen LogP contribution in [0.1, 0.15) is 43.7 Å². The Kier molecular flexibility index (Phi) is 5.43. The van der Waals surface area contributed by atoms with Gasteiger partial charge in [0.2, 0.25) is 0 Å². The molecule has 0 spiro atoms. The summed E-state index contributed by atoms with van der Waals surface area (Å²) in [5.41, 5.74) is 5.88. The molecular weight excluding hydrogens is 398 g/mol. The molecule has 32 heavy (non-hydrogen) atoms. The quantitative estimate of drug-likeness (QED) is 0.335. The predicted molar refractivity (Wildman–Crippen MR) is 129 cm³/mol. The predicted octanol–water partition coefficient (Wildman–Crippen LogP) is 5.23. The standard InChI is InChI=1S/C26H27N5O/c1-3-4-5-8-15-30-17-27-24-22(26(30)32)23-25(29-21-10-7-6-9-20(21)28-23)31(24)16-19-13-11-18(2)12-14-19/h6-7,9-14,17H,3-5,8,15-16H2,1-2H3. The van der Waals surface area contributed by atoms with Gasteiger partial charge in [0.15, 0.2) is 11.3 Å². The normalized spacial score (nSPS) is 11.7. The van der Waals surface area contributed by atoms with Gasteiger partial charge in [0, 0.05) is 6.54 Å². The minimum atomic E-state index is -0.0382. The maximum atomic E-state index is 13.5. The van der Waals surface area contributed by atoms with Crippen LogP contribution in [0.4, 0.5) is 0 Å². The first-order valence-electron chi connectivity index (χ1n) is 11.4. The fourth-order valence-corrected chi connectivity index (χ4v) is 4.23. The summed E-state index contributed by atoms with van der Waals surface area (Å²) in [6.45, 7) is 5.52. The maximum absolute atomic E-state index is 13.5. The van der Waals surface area contributed by atoms with Crippen molar-refractivity contribution in [2.45, 2.75) is 52.6 Å². The Morgan fingerprint density at radius 3 is 2.38 bits per heavy atom. The number of benzene rings is 2. The highest BCUT2D eigenvalue weighted by molar-refractivity contribution is 6.04. The largest absolute Gasteiger partial charge is 0.304 e. The summed E-state index contributed by atoms with van der Waals surface area (Å²) in [5, 5.41) is 0.559. The highest BCUT2D eigenvalue weighted by atomic mass is 16.1. The average Bonchev–Trinajstić information content (AvgIpc) is 3.11. The number of aromatic nitrogens is 5. The second-order valence-electron chi connectivity index (χ2n) is 8.46. The van der Waals surface area contributed by atoms with E-state index in [2.05, 4.69) is 38.1 Å². The first kappa shape index (κ1) is 20.4. The van der Waals surface area contributed by atoms with Crippen molar-refractivity contribution in [2.75, 3.05) is 0 Å². The minimum absolute atomic E-state index is 0.0382. The van der Waals surface area contributed by atoms with Crippen LogP contribution in [0.5, 0.6) is 0 Å². The molecular formula is C26H27N5O. The molecule has 5 rings (SSSR count). The minimum Gasteiger partial charge on any atom is -0.304 e. The molecule has 0 saturated carbocycles. The molecule has 162 valence electrons. The van der Waals surface area contributed by atoms with Crippen molar-refractivity contribution >= 4 is 33.2 Å². The van der Waals surface area contributed by atoms with Crippen LogP contribution < -0.4 is 5.56 Å². The first-order chi connectivity index (χ1) is 15.7. The lowest BCUT2D eigenvalue weighted by Crippen LogP contribution is -2.21. The molecule has 0 aliphatic carbocycles. The lowest BCUT2D eigenvalue weighted by Gasteiger charge is -2.08. The zero-order valence-corrected chi connectivity index (χ0v) is 18.6. The summed E-state index contributed by atoms with van der Waals surface area (Å²) in [6.07, 6.45) is 6.11. The summed E-state index contributed by atoms with van der Waals surface area (Å²) in [7, 11) is 0. The van der Waals surface area contributed by atoms with Crippen LogP contribution in [0.25, 0.3) is 33.2 Å². The van der Waals surface area contributed by atoms with Gasteiger partial charge in [-0.25, -0.2) is 15.0 Å². The molecule has 0 unspecified atom stereocenters. The van der Waals surface area contributed by atoms with Crippen molar-refractivity contribution in [1.29, 1.82) is 0 Å². The summed E-state index contributed by atoms with van der Waals surface area (Å²) < 4.78 is 3.75. The van der Waals surface area contributed by atoms with E-state index in [1.54, 1.807) is 10.9 Å². The highest BCUT2D eigenvalue weighted by Crippen LogP contribution is 2.26. The van der Waals surface area contributed by atoms with Crippen LogP contribution in [0.2, 0.25) is 0 Å². The molecule has 0 N–H and O–H groups in total. The van der Waals surface area contributed by atoms with Crippen molar-refractivity contribution in [2.24, 2.45) is 0 Å². The van der Waals surface area contributed by atoms with Gasteiger partial charge in [-0.3, -0.25) is 9.36 Å². The monoisotopic (exact) mass is 425 g/mol. The van der Waals surface area contributed by atoms with Crippen LogP contribution in [0, 0.1) is 6.92 Å². The number of fused-ring (bicyclic) bond motifs is 4. The number of para-hydroxylation sites is 2. The third-order valence-electron chi connectivity index (χ3n) is 6.03. The Balaban J connectivity index is 1.71. The van der Waals surface area contributed by atoms with E-state index in [1.165, 1.54) is 18.4 Å². The number of unbranched alkanes of at least 4 members (excludes halogenated alkanes) is 3. The van der Waals surface area contributed by atoms with Gasteiger partial charge in [-0.2, -0.15) is 0 Å². The van der Waals surface area contributed by atoms with Crippen LogP contribution in [-0.2, 0) is 13.1 Å². The Morgan fingerprint density at radius 1 is 0.875 bits per heavy atom. The maximum Gasteiger partial charge on any atom is 0.265 e. The second-order valence-corrected chi connectivity index (χ2v) is 8.46. The highest BCUT2D eigenvalue weighted by Gasteiger charge is 2.20. The van der Waals surface area contributed by atoms with Crippen molar-refractivity contribution in [3.05, 3.63) is 76.3 Å². The molecule has 2 aromatic carbocycles. The number of aryl methyl sites for hydroxylation is 2. The zero-order chi connectivity index (χ0) is 22.1. The third kappa shape index (κ3) is 3.66. The molecule has 3 heterocycles. The van der Waals surface area contributed by atoms with E-state index in [1.807, 2.05) is 28.8 Å². The summed E-state index contributed by atoms with van der Waals surface area (Å²) in [6, 6.07) is 16.2. The van der Waals surface area contributed by atoms with E-state index in [-0.39, 0.29) is 5.56 Å². The average molecular weight is 426 g/mol. The lowest BCUT2D eigenvalue weighted by atomic mass is 10.1. The second kappa shape index (κ2) is 8.54. The summed E-state index contributed by atoms with van der Waals surface area (Å²) in [4.78, 5) is 28.0. The van der Waals surface area contributed by atoms with Gasteiger partial charge in [0.25, 0.3) is 5.56 Å². The van der Waals surface area contributed by atoms with Crippen LogP contribution >= 0.6 is 0 Å². The molecule has 0 saturated heterocycles. The first-order valence-corrected chi connectivity index (χ1v) is 11.4. The fraction of sp³-hybridized carbons (Fsp3) is 0.308. The SMILES string of the molecule is CCCCCCn1cnc2c(c1=O)c1nc3ccccc3nc1n2Cc1ccc(C)cc1. The van der Waals surface area contributed by atoms with Crippen molar-refractivity contribution in [3.8, 4) is 0 Å². The topological polar surface area (TPSA) is 65.6 Å². The summed E-state index contributed by atoms with van der Waals surface area (Å²) in [5.74, 6) is 0. The van der Waals surface area contributed by atoms with E-state index >= 15 is 0 Å². The Morgan fingerprint density at radius 2 is 1.62 bits per heavy atom. The van der Waals surface area contributed by atoms with Gasteiger partial charge in [-0.15, -0.1) is 0 Å². The number of nitrogens with zero attached hydrogens (tertiary/aromatic N) is 5. The van der Waals surface area contributed by atoms with E-state index in [9.17, 15) is 4.79 Å². The number of hydrogen-bond donors (Lipinski definition) is 0. The molecule has 0 atom stereocenters. The number of hydrogen-bond acceptors (Lipinski definition) is 4. The molecule has 5 aromatic rings. The van der Waals surface area contributed by atoms with Crippen LogP contribution in [-0.4, -0.2) is 24.1 Å². The molecule has 0 amide bonds. The van der Waals surface area contributed by atoms with Gasteiger partial charge in [0.1, 0.15) is 10.9 Å². The molecule has 3 aromatic heterocycles. The zero-order valence-electron chi connectivity index (χ0n) is 18.6. The van der Waals surface area contributed by atoms with Gasteiger partial charge in [0.05, 0.1) is 23.9 Å².